The number of nitrogens with one attached hydrogen (secondary N) is 1. The van der Waals surface area contributed by atoms with Crippen LogP contribution >= 0.6 is 12.2 Å². The van der Waals surface area contributed by atoms with E-state index in [9.17, 15) is 0 Å². The van der Waals surface area contributed by atoms with Crippen LogP contribution in [0.3, 0.4) is 0 Å². The van der Waals surface area contributed by atoms with E-state index < -0.39 is 0 Å². The van der Waals surface area contributed by atoms with Crippen LogP contribution < -0.4 is 11.2 Å². The Hall–Kier alpha value is -1.43. The zero-order valence-corrected chi connectivity index (χ0v) is 6.45. The summed E-state index contributed by atoms with van der Waals surface area (Å²) >= 11 is 4.51. The third-order valence-electron chi connectivity index (χ3n) is 0.876. The van der Waals surface area contributed by atoms with E-state index in [0.29, 0.717) is 0 Å². The van der Waals surface area contributed by atoms with Crippen LogP contribution in [0, 0.1) is 0 Å². The average molecular weight is 169 g/mol. The maximum absolute atomic E-state index is 5.11. The second-order valence-electron chi connectivity index (χ2n) is 1.71. The summed E-state index contributed by atoms with van der Waals surface area (Å²) in [4.78, 5) is 0. The van der Waals surface area contributed by atoms with Gasteiger partial charge in [0.25, 0.3) is 0 Å². The van der Waals surface area contributed by atoms with Gasteiger partial charge in [-0.15, -0.1) is 0 Å². The van der Waals surface area contributed by atoms with Crippen LogP contribution in [0.4, 0.5) is 0 Å². The van der Waals surface area contributed by atoms with Gasteiger partial charge in [-0.05, 0) is 18.3 Å². The van der Waals surface area contributed by atoms with Crippen molar-refractivity contribution in [2.75, 3.05) is 0 Å². The van der Waals surface area contributed by atoms with Crippen molar-refractivity contribution in [3.63, 3.8) is 0 Å². The van der Waals surface area contributed by atoms with Crippen molar-refractivity contribution >= 4 is 23.7 Å². The first-order valence-electron chi connectivity index (χ1n) is 2.87. The fourth-order valence-corrected chi connectivity index (χ4v) is 0.553. The third kappa shape index (κ3) is 2.76. The zero-order chi connectivity index (χ0) is 8.10. The standard InChI is InChI=1S/C5H7N5S/c6-5(11)9-7-4-10-3-1-2-8-10/h1-4H,(H3,6,9,11). The Kier molecular flexibility index (Phi) is 2.56. The van der Waals surface area contributed by atoms with E-state index in [1.807, 2.05) is 0 Å². The largest absolute Gasteiger partial charge is 0.375 e. The van der Waals surface area contributed by atoms with Gasteiger partial charge in [0.15, 0.2) is 5.11 Å². The molecule has 0 aromatic carbocycles. The molecular formula is C5H7N5S. The minimum Gasteiger partial charge on any atom is -0.375 e. The molecule has 0 atom stereocenters. The third-order valence-corrected chi connectivity index (χ3v) is 0.967. The molecule has 0 bridgehead atoms. The van der Waals surface area contributed by atoms with Gasteiger partial charge in [-0.1, -0.05) is 0 Å². The van der Waals surface area contributed by atoms with Crippen LogP contribution in [0.5, 0.6) is 0 Å². The van der Waals surface area contributed by atoms with Crippen molar-refractivity contribution < 1.29 is 0 Å². The van der Waals surface area contributed by atoms with Crippen LogP contribution in [0.1, 0.15) is 0 Å². The molecule has 0 spiro atoms. The molecule has 0 radical (unpaired) electrons. The van der Waals surface area contributed by atoms with Gasteiger partial charge in [0.2, 0.25) is 0 Å². The zero-order valence-electron chi connectivity index (χ0n) is 5.64. The van der Waals surface area contributed by atoms with E-state index in [1.165, 1.54) is 11.0 Å². The topological polar surface area (TPSA) is 68.2 Å². The summed E-state index contributed by atoms with van der Waals surface area (Å²) in [5.74, 6) is 0. The summed E-state index contributed by atoms with van der Waals surface area (Å²) in [5.41, 5.74) is 7.51. The number of hydrogen-bond donors (Lipinski definition) is 2. The number of rotatable bonds is 2. The number of nitrogens with two attached hydrogens (primary N) is 1. The molecule has 0 aliphatic rings. The lowest BCUT2D eigenvalue weighted by Gasteiger charge is -1.92. The molecule has 0 fully saturated rings. The van der Waals surface area contributed by atoms with Gasteiger partial charge in [0.1, 0.15) is 6.34 Å². The average Bonchev–Trinajstić information content (AvgIpc) is 2.39. The van der Waals surface area contributed by atoms with Gasteiger partial charge >= 0.3 is 0 Å². The molecule has 58 valence electrons. The highest BCUT2D eigenvalue weighted by Crippen LogP contribution is 1.76. The maximum Gasteiger partial charge on any atom is 0.184 e. The van der Waals surface area contributed by atoms with Crippen LogP contribution in [0.2, 0.25) is 0 Å². The molecule has 0 amide bonds. The molecule has 5 nitrogen and oxygen atoms in total. The van der Waals surface area contributed by atoms with Gasteiger partial charge in [-0.3, -0.25) is 5.43 Å². The highest BCUT2D eigenvalue weighted by molar-refractivity contribution is 7.80. The maximum atomic E-state index is 5.11. The number of hydrazone groups is 1. The molecule has 0 aliphatic carbocycles. The highest BCUT2D eigenvalue weighted by atomic mass is 32.1. The quantitative estimate of drug-likeness (QED) is 0.271. The Balaban J connectivity index is 2.43. The molecule has 1 heterocycles. The van der Waals surface area contributed by atoms with Gasteiger partial charge in [0.05, 0.1) is 0 Å². The Morgan fingerprint density at radius 3 is 3.18 bits per heavy atom. The summed E-state index contributed by atoms with van der Waals surface area (Å²) < 4.78 is 1.52. The smallest absolute Gasteiger partial charge is 0.184 e. The van der Waals surface area contributed by atoms with Crippen LogP contribution in [-0.4, -0.2) is 21.2 Å². The monoisotopic (exact) mass is 169 g/mol. The predicted molar refractivity (Wildman–Crippen MR) is 46.0 cm³/mol. The first kappa shape index (κ1) is 7.67. The molecule has 1 aromatic heterocycles. The van der Waals surface area contributed by atoms with E-state index in [0.717, 1.165) is 0 Å². The Morgan fingerprint density at radius 1 is 1.82 bits per heavy atom. The minimum atomic E-state index is 0.133. The predicted octanol–water partition coefficient (Wildman–Crippen LogP) is -0.492. The normalized spacial score (nSPS) is 10.2. The molecule has 3 N–H and O–H groups in total. The number of thiocarbonyl (C=S) groups is 1. The van der Waals surface area contributed by atoms with Crippen LogP contribution in [0.25, 0.3) is 0 Å². The second kappa shape index (κ2) is 3.67. The fourth-order valence-electron chi connectivity index (χ4n) is 0.501. The van der Waals surface area contributed by atoms with Crippen molar-refractivity contribution in [1.82, 2.24) is 15.2 Å². The summed E-state index contributed by atoms with van der Waals surface area (Å²) in [6.45, 7) is 0. The first-order chi connectivity index (χ1) is 5.29. The number of hydrogen-bond acceptors (Lipinski definition) is 3. The molecule has 11 heavy (non-hydrogen) atoms. The SMILES string of the molecule is NC(=S)NN=Cn1cccn1. The summed E-state index contributed by atoms with van der Waals surface area (Å²) in [6, 6.07) is 1.78. The Bertz CT molecular complexity index is 252. The van der Waals surface area contributed by atoms with Gasteiger partial charge in [-0.25, -0.2) is 4.68 Å². The molecule has 0 saturated carbocycles. The summed E-state index contributed by atoms with van der Waals surface area (Å²) in [6.07, 6.45) is 4.84. The van der Waals surface area contributed by atoms with Crippen molar-refractivity contribution in [1.29, 1.82) is 0 Å². The molecule has 6 heteroatoms. The van der Waals surface area contributed by atoms with Crippen LogP contribution in [-0.2, 0) is 0 Å². The van der Waals surface area contributed by atoms with E-state index >= 15 is 0 Å². The Morgan fingerprint density at radius 2 is 2.64 bits per heavy atom. The van der Waals surface area contributed by atoms with Crippen LogP contribution in [0.15, 0.2) is 23.6 Å². The highest BCUT2D eigenvalue weighted by Gasteiger charge is 1.81. The molecule has 1 rings (SSSR count). The molecule has 0 unspecified atom stereocenters. The molecular weight excluding hydrogens is 162 g/mol. The van der Waals surface area contributed by atoms with E-state index in [-0.39, 0.29) is 5.11 Å². The van der Waals surface area contributed by atoms with Crippen molar-refractivity contribution in [2.24, 2.45) is 10.8 Å². The van der Waals surface area contributed by atoms with Crippen molar-refractivity contribution in [2.45, 2.75) is 0 Å². The number of nitrogens with zero attached hydrogens (tertiary/aromatic N) is 3. The number of aromatic nitrogens is 2. The summed E-state index contributed by atoms with van der Waals surface area (Å²) in [7, 11) is 0. The lowest BCUT2D eigenvalue weighted by Crippen LogP contribution is -2.24. The van der Waals surface area contributed by atoms with E-state index in [1.54, 1.807) is 18.5 Å². The fraction of sp³-hybridized carbons (Fsp3) is 0. The second-order valence-corrected chi connectivity index (χ2v) is 2.15. The molecule has 0 aliphatic heterocycles. The van der Waals surface area contributed by atoms with E-state index in [4.69, 9.17) is 5.73 Å². The van der Waals surface area contributed by atoms with E-state index in [2.05, 4.69) is 27.8 Å². The summed E-state index contributed by atoms with van der Waals surface area (Å²) in [5, 5.41) is 7.66. The lowest BCUT2D eigenvalue weighted by molar-refractivity contribution is 0.924. The Labute approximate surface area is 68.9 Å². The van der Waals surface area contributed by atoms with Crippen molar-refractivity contribution in [3.05, 3.63) is 18.5 Å². The first-order valence-corrected chi connectivity index (χ1v) is 3.27. The van der Waals surface area contributed by atoms with Crippen molar-refractivity contribution in [3.8, 4) is 0 Å². The molecule has 1 aromatic rings. The van der Waals surface area contributed by atoms with Gasteiger partial charge < -0.3 is 5.73 Å². The lowest BCUT2D eigenvalue weighted by atomic mass is 10.8. The molecule has 0 saturated heterocycles. The van der Waals surface area contributed by atoms with Gasteiger partial charge in [-0.2, -0.15) is 10.2 Å². The van der Waals surface area contributed by atoms with Gasteiger partial charge in [0, 0.05) is 12.4 Å². The minimum absolute atomic E-state index is 0.133.